The third kappa shape index (κ3) is 6.17. The number of carbonyl (C=O) groups excluding carboxylic acids is 1. The van der Waals surface area contributed by atoms with Gasteiger partial charge in [-0.1, -0.05) is 17.7 Å². The molecule has 2 saturated heterocycles. The van der Waals surface area contributed by atoms with E-state index in [1.54, 1.807) is 11.3 Å². The number of hydrogen-bond acceptors (Lipinski definition) is 6. The van der Waals surface area contributed by atoms with Crippen LogP contribution in [0.3, 0.4) is 0 Å². The number of rotatable bonds is 7. The molecule has 0 aliphatic carbocycles. The molecule has 1 aromatic heterocycles. The molecule has 3 heterocycles. The molecule has 1 N–H and O–H groups in total. The molecule has 1 unspecified atom stereocenters. The number of carboxylic acid groups (broad SMARTS) is 1. The molecule has 1 atom stereocenters. The van der Waals surface area contributed by atoms with E-state index in [2.05, 4.69) is 23.3 Å². The third-order valence-corrected chi connectivity index (χ3v) is 9.30. The molecular formula is C32H39N3O4S. The summed E-state index contributed by atoms with van der Waals surface area (Å²) in [5.41, 5.74) is 5.09. The summed E-state index contributed by atoms with van der Waals surface area (Å²) < 4.78 is 6.35. The first-order valence-corrected chi connectivity index (χ1v) is 15.2. The van der Waals surface area contributed by atoms with Gasteiger partial charge in [-0.25, -0.2) is 4.98 Å². The number of ether oxygens (including phenoxy) is 1. The topological polar surface area (TPSA) is 83.0 Å². The van der Waals surface area contributed by atoms with Crippen molar-refractivity contribution in [2.24, 2.45) is 5.41 Å². The Morgan fingerprint density at radius 1 is 1.00 bits per heavy atom. The van der Waals surface area contributed by atoms with E-state index < -0.39 is 11.4 Å². The minimum Gasteiger partial charge on any atom is -0.488 e. The zero-order chi connectivity index (χ0) is 28.3. The predicted molar refractivity (Wildman–Crippen MR) is 159 cm³/mol. The van der Waals surface area contributed by atoms with E-state index in [0.717, 1.165) is 83.3 Å². The lowest BCUT2D eigenvalue weighted by atomic mass is 9.83. The molecule has 1 amide bonds. The highest BCUT2D eigenvalue weighted by Gasteiger charge is 2.35. The number of anilines is 1. The maximum absolute atomic E-state index is 12.9. The number of carbonyl (C=O) groups is 2. The molecule has 3 aromatic rings. The maximum Gasteiger partial charge on any atom is 0.309 e. The van der Waals surface area contributed by atoms with Crippen LogP contribution in [0.25, 0.3) is 11.3 Å². The largest absolute Gasteiger partial charge is 0.488 e. The summed E-state index contributed by atoms with van der Waals surface area (Å²) >= 11 is 1.59. The first-order chi connectivity index (χ1) is 19.2. The number of thiazole rings is 1. The fraction of sp³-hybridized carbons (Fsp3) is 0.469. The van der Waals surface area contributed by atoms with Gasteiger partial charge in [0.25, 0.3) is 5.91 Å². The van der Waals surface area contributed by atoms with Gasteiger partial charge in [-0.05, 0) is 94.7 Å². The number of piperidine rings is 1. The van der Waals surface area contributed by atoms with Gasteiger partial charge in [0.15, 0.2) is 5.13 Å². The first kappa shape index (κ1) is 28.1. The van der Waals surface area contributed by atoms with Crippen molar-refractivity contribution in [3.05, 3.63) is 64.0 Å². The van der Waals surface area contributed by atoms with Gasteiger partial charge in [0.05, 0.1) is 11.1 Å². The number of aromatic nitrogens is 1. The molecule has 0 radical (unpaired) electrons. The fourth-order valence-electron chi connectivity index (χ4n) is 5.61. The lowest BCUT2D eigenvalue weighted by Crippen LogP contribution is -2.35. The zero-order valence-electron chi connectivity index (χ0n) is 23.7. The molecule has 0 saturated carbocycles. The van der Waals surface area contributed by atoms with Crippen molar-refractivity contribution in [3.8, 4) is 17.0 Å². The standard InChI is InChI=1S/C32H39N3O4S/c1-22-8-11-28(39-20-25-10-9-24(19-23(25)2)29(36)34-14-5-4-6-15-34)26(18-22)27-21-40-31(33-27)35-16-7-12-32(3,13-17-35)30(37)38/h8-11,18-19,21H,4-7,12-17,20H2,1-3H3,(H,37,38). The van der Waals surface area contributed by atoms with Crippen LogP contribution in [0, 0.1) is 19.3 Å². The second-order valence-corrected chi connectivity index (χ2v) is 12.3. The highest BCUT2D eigenvalue weighted by Crippen LogP contribution is 2.37. The SMILES string of the molecule is Cc1ccc(OCc2ccc(C(=O)N3CCCCC3)cc2C)c(-c2csc(N3CCCC(C)(C(=O)O)CC3)n2)c1. The average Bonchev–Trinajstić information content (AvgIpc) is 3.35. The second-order valence-electron chi connectivity index (χ2n) is 11.5. The number of hydrogen-bond donors (Lipinski definition) is 1. The molecule has 2 fully saturated rings. The van der Waals surface area contributed by atoms with Crippen molar-refractivity contribution in [3.63, 3.8) is 0 Å². The van der Waals surface area contributed by atoms with Gasteiger partial charge in [0.2, 0.25) is 0 Å². The van der Waals surface area contributed by atoms with Crippen molar-refractivity contribution in [1.82, 2.24) is 9.88 Å². The van der Waals surface area contributed by atoms with Gasteiger partial charge in [0.1, 0.15) is 12.4 Å². The summed E-state index contributed by atoms with van der Waals surface area (Å²) in [5.74, 6) is 0.172. The van der Waals surface area contributed by atoms with Crippen LogP contribution in [0.1, 0.15) is 72.5 Å². The Labute approximate surface area is 240 Å². The Balaban J connectivity index is 1.29. The Morgan fingerprint density at radius 2 is 1.80 bits per heavy atom. The second kappa shape index (κ2) is 12.0. The third-order valence-electron chi connectivity index (χ3n) is 8.40. The zero-order valence-corrected chi connectivity index (χ0v) is 24.6. The van der Waals surface area contributed by atoms with Crippen molar-refractivity contribution < 1.29 is 19.4 Å². The maximum atomic E-state index is 12.9. The molecular weight excluding hydrogens is 522 g/mol. The lowest BCUT2D eigenvalue weighted by molar-refractivity contribution is -0.148. The average molecular weight is 562 g/mol. The lowest BCUT2D eigenvalue weighted by Gasteiger charge is -2.27. The van der Waals surface area contributed by atoms with E-state index in [0.29, 0.717) is 26.0 Å². The van der Waals surface area contributed by atoms with Crippen LogP contribution < -0.4 is 9.64 Å². The van der Waals surface area contributed by atoms with Crippen LogP contribution in [0.15, 0.2) is 41.8 Å². The Bertz CT molecular complexity index is 1380. The quantitative estimate of drug-likeness (QED) is 0.345. The molecule has 8 heteroatoms. The summed E-state index contributed by atoms with van der Waals surface area (Å²) in [7, 11) is 0. The van der Waals surface area contributed by atoms with Crippen LogP contribution in [-0.4, -0.2) is 53.0 Å². The molecule has 2 aliphatic heterocycles. The monoisotopic (exact) mass is 561 g/mol. The molecule has 40 heavy (non-hydrogen) atoms. The van der Waals surface area contributed by atoms with Crippen LogP contribution in [-0.2, 0) is 11.4 Å². The van der Waals surface area contributed by atoms with E-state index in [9.17, 15) is 14.7 Å². The van der Waals surface area contributed by atoms with E-state index in [1.807, 2.05) is 49.1 Å². The summed E-state index contributed by atoms with van der Waals surface area (Å²) in [6.45, 7) is 9.52. The minimum atomic E-state index is -0.714. The van der Waals surface area contributed by atoms with Crippen molar-refractivity contribution in [1.29, 1.82) is 0 Å². The fourth-order valence-corrected chi connectivity index (χ4v) is 6.49. The minimum absolute atomic E-state index is 0.118. The Hall–Kier alpha value is -3.39. The smallest absolute Gasteiger partial charge is 0.309 e. The van der Waals surface area contributed by atoms with E-state index in [-0.39, 0.29) is 5.91 Å². The number of benzene rings is 2. The molecule has 0 spiro atoms. The number of aliphatic carboxylic acids is 1. The number of amides is 1. The van der Waals surface area contributed by atoms with Crippen molar-refractivity contribution >= 4 is 28.3 Å². The van der Waals surface area contributed by atoms with E-state index in [4.69, 9.17) is 9.72 Å². The summed E-state index contributed by atoms with van der Waals surface area (Å²) in [5, 5.41) is 12.6. The first-order valence-electron chi connectivity index (χ1n) is 14.3. The number of nitrogens with zero attached hydrogens (tertiary/aromatic N) is 3. The van der Waals surface area contributed by atoms with Crippen LogP contribution in [0.4, 0.5) is 5.13 Å². The van der Waals surface area contributed by atoms with Gasteiger partial charge in [-0.2, -0.15) is 0 Å². The molecule has 2 aliphatic rings. The van der Waals surface area contributed by atoms with E-state index >= 15 is 0 Å². The van der Waals surface area contributed by atoms with Gasteiger partial charge in [-0.3, -0.25) is 9.59 Å². The van der Waals surface area contributed by atoms with Crippen molar-refractivity contribution in [2.75, 3.05) is 31.1 Å². The number of aryl methyl sites for hydroxylation is 2. The normalized spacial score (nSPS) is 19.8. The summed E-state index contributed by atoms with van der Waals surface area (Å²) in [4.78, 5) is 33.8. The molecule has 0 bridgehead atoms. The Morgan fingerprint density at radius 3 is 2.55 bits per heavy atom. The van der Waals surface area contributed by atoms with Gasteiger partial charge < -0.3 is 19.6 Å². The summed E-state index contributed by atoms with van der Waals surface area (Å²) in [6, 6.07) is 12.0. The highest BCUT2D eigenvalue weighted by atomic mass is 32.1. The number of carboxylic acids is 1. The summed E-state index contributed by atoms with van der Waals surface area (Å²) in [6.07, 6.45) is 5.49. The molecule has 7 nitrogen and oxygen atoms in total. The van der Waals surface area contributed by atoms with Gasteiger partial charge in [-0.15, -0.1) is 11.3 Å². The van der Waals surface area contributed by atoms with Crippen LogP contribution >= 0.6 is 11.3 Å². The van der Waals surface area contributed by atoms with Crippen molar-refractivity contribution in [2.45, 2.75) is 65.9 Å². The van der Waals surface area contributed by atoms with E-state index in [1.165, 1.54) is 6.42 Å². The molecule has 5 rings (SSSR count). The molecule has 212 valence electrons. The van der Waals surface area contributed by atoms with Crippen LogP contribution in [0.2, 0.25) is 0 Å². The predicted octanol–water partition coefficient (Wildman–Crippen LogP) is 6.71. The number of likely N-dealkylation sites (tertiary alicyclic amines) is 1. The molecule has 2 aromatic carbocycles. The Kier molecular flexibility index (Phi) is 8.45. The van der Waals surface area contributed by atoms with Gasteiger partial charge in [0, 0.05) is 42.7 Å². The van der Waals surface area contributed by atoms with Crippen LogP contribution in [0.5, 0.6) is 5.75 Å². The highest BCUT2D eigenvalue weighted by molar-refractivity contribution is 7.14. The van der Waals surface area contributed by atoms with Gasteiger partial charge >= 0.3 is 5.97 Å².